The molecular weight excluding hydrogens is 280 g/mol. The predicted octanol–water partition coefficient (Wildman–Crippen LogP) is 2.78. The molecule has 0 amide bonds. The molecule has 0 spiro atoms. The van der Waals surface area contributed by atoms with Crippen LogP contribution in [0.25, 0.3) is 0 Å². The minimum Gasteiger partial charge on any atom is -0.490 e. The van der Waals surface area contributed by atoms with Crippen molar-refractivity contribution in [3.05, 3.63) is 59.7 Å². The highest BCUT2D eigenvalue weighted by Crippen LogP contribution is 2.13. The zero-order valence-corrected chi connectivity index (χ0v) is 11.0. The molecule has 0 heterocycles. The van der Waals surface area contributed by atoms with Crippen LogP contribution in [0.1, 0.15) is 10.4 Å². The first kappa shape index (κ1) is 14.8. The van der Waals surface area contributed by atoms with Crippen molar-refractivity contribution in [1.82, 2.24) is 0 Å². The number of rotatable bonds is 5. The van der Waals surface area contributed by atoms with Crippen LogP contribution in [0.3, 0.4) is 0 Å². The van der Waals surface area contributed by atoms with Gasteiger partial charge >= 0.3 is 5.97 Å². The van der Waals surface area contributed by atoms with Crippen molar-refractivity contribution >= 4 is 11.7 Å². The van der Waals surface area contributed by atoms with Gasteiger partial charge < -0.3 is 15.2 Å². The smallest absolute Gasteiger partial charge is 0.341 e. The van der Waals surface area contributed by atoms with Crippen LogP contribution in [-0.4, -0.2) is 19.2 Å². The first-order valence-corrected chi connectivity index (χ1v) is 6.17. The molecule has 4 nitrogen and oxygen atoms in total. The Balaban J connectivity index is 1.81. The highest BCUT2D eigenvalue weighted by molar-refractivity contribution is 5.89. The molecule has 0 unspecified atom stereocenters. The van der Waals surface area contributed by atoms with E-state index in [0.29, 0.717) is 11.4 Å². The molecule has 2 N–H and O–H groups in total. The quantitative estimate of drug-likeness (QED) is 0.523. The number of carbonyl (C=O) groups excluding carboxylic acids is 1. The van der Waals surface area contributed by atoms with Crippen molar-refractivity contribution in [2.45, 2.75) is 0 Å². The average molecular weight is 293 g/mol. The summed E-state index contributed by atoms with van der Waals surface area (Å²) in [6.07, 6.45) is 0. The lowest BCUT2D eigenvalue weighted by molar-refractivity contribution is 0.0444. The third-order valence-corrected chi connectivity index (χ3v) is 2.61. The molecule has 0 saturated carbocycles. The molecule has 0 fully saturated rings. The fraction of sp³-hybridized carbons (Fsp3) is 0.133. The number of carbonyl (C=O) groups is 1. The Hall–Kier alpha value is -2.63. The van der Waals surface area contributed by atoms with Gasteiger partial charge in [0.05, 0.1) is 5.56 Å². The fourth-order valence-corrected chi connectivity index (χ4v) is 1.59. The maximum atomic E-state index is 13.3. The second kappa shape index (κ2) is 6.69. The maximum absolute atomic E-state index is 13.3. The van der Waals surface area contributed by atoms with E-state index in [9.17, 15) is 13.6 Å². The number of nitrogens with two attached hydrogens (primary N) is 1. The highest BCUT2D eigenvalue weighted by atomic mass is 19.1. The van der Waals surface area contributed by atoms with Crippen molar-refractivity contribution in [2.75, 3.05) is 18.9 Å². The molecule has 0 aliphatic rings. The Morgan fingerprint density at radius 3 is 2.48 bits per heavy atom. The molecule has 0 radical (unpaired) electrons. The van der Waals surface area contributed by atoms with Gasteiger partial charge in [0.2, 0.25) is 0 Å². The van der Waals surface area contributed by atoms with E-state index in [1.54, 1.807) is 24.3 Å². The van der Waals surface area contributed by atoms with Crippen LogP contribution in [0.2, 0.25) is 0 Å². The lowest BCUT2D eigenvalue weighted by Crippen LogP contribution is -2.13. The number of hydrogen-bond acceptors (Lipinski definition) is 4. The molecule has 0 saturated heterocycles. The normalized spacial score (nSPS) is 10.2. The SMILES string of the molecule is Nc1ccc(OCCOC(=O)c2cc(F)ccc2F)cc1. The first-order valence-electron chi connectivity index (χ1n) is 6.17. The van der Waals surface area contributed by atoms with E-state index in [1.165, 1.54) is 0 Å². The van der Waals surface area contributed by atoms with Crippen molar-refractivity contribution in [1.29, 1.82) is 0 Å². The van der Waals surface area contributed by atoms with E-state index in [2.05, 4.69) is 0 Å². The summed E-state index contributed by atoms with van der Waals surface area (Å²) in [5.74, 6) is -1.91. The van der Waals surface area contributed by atoms with Crippen LogP contribution in [0.4, 0.5) is 14.5 Å². The Morgan fingerprint density at radius 1 is 1.05 bits per heavy atom. The number of benzene rings is 2. The van der Waals surface area contributed by atoms with Gasteiger partial charge in [-0.05, 0) is 42.5 Å². The van der Waals surface area contributed by atoms with Gasteiger partial charge in [0.25, 0.3) is 0 Å². The lowest BCUT2D eigenvalue weighted by atomic mass is 10.2. The summed E-state index contributed by atoms with van der Waals surface area (Å²) >= 11 is 0. The summed E-state index contributed by atoms with van der Waals surface area (Å²) in [6, 6.07) is 9.27. The van der Waals surface area contributed by atoms with Crippen LogP contribution >= 0.6 is 0 Å². The van der Waals surface area contributed by atoms with E-state index in [-0.39, 0.29) is 13.2 Å². The largest absolute Gasteiger partial charge is 0.490 e. The topological polar surface area (TPSA) is 61.6 Å². The van der Waals surface area contributed by atoms with Crippen molar-refractivity contribution in [3.8, 4) is 5.75 Å². The molecule has 0 bridgehead atoms. The van der Waals surface area contributed by atoms with Gasteiger partial charge in [-0.3, -0.25) is 0 Å². The van der Waals surface area contributed by atoms with Crippen molar-refractivity contribution in [3.63, 3.8) is 0 Å². The van der Waals surface area contributed by atoms with Gasteiger partial charge in [-0.2, -0.15) is 0 Å². The zero-order valence-electron chi connectivity index (χ0n) is 11.0. The molecule has 110 valence electrons. The Morgan fingerprint density at radius 2 is 1.76 bits per heavy atom. The van der Waals surface area contributed by atoms with Crippen LogP contribution in [-0.2, 0) is 4.74 Å². The van der Waals surface area contributed by atoms with Crippen LogP contribution in [0.5, 0.6) is 5.75 Å². The van der Waals surface area contributed by atoms with Gasteiger partial charge in [0.1, 0.15) is 30.6 Å². The van der Waals surface area contributed by atoms with Crippen molar-refractivity contribution in [2.24, 2.45) is 0 Å². The van der Waals surface area contributed by atoms with E-state index < -0.39 is 23.2 Å². The molecule has 21 heavy (non-hydrogen) atoms. The minimum atomic E-state index is -0.937. The Labute approximate surface area is 120 Å². The number of anilines is 1. The molecule has 0 atom stereocenters. The van der Waals surface area contributed by atoms with Gasteiger partial charge in [-0.25, -0.2) is 13.6 Å². The summed E-state index contributed by atoms with van der Waals surface area (Å²) in [7, 11) is 0. The van der Waals surface area contributed by atoms with Gasteiger partial charge in [0, 0.05) is 5.69 Å². The monoisotopic (exact) mass is 293 g/mol. The van der Waals surface area contributed by atoms with Crippen LogP contribution < -0.4 is 10.5 Å². The van der Waals surface area contributed by atoms with Crippen LogP contribution in [0, 0.1) is 11.6 Å². The summed E-state index contributed by atoms with van der Waals surface area (Å²) in [5.41, 5.74) is 5.69. The summed E-state index contributed by atoms with van der Waals surface area (Å²) in [4.78, 5) is 11.6. The second-order valence-electron chi connectivity index (χ2n) is 4.18. The number of hydrogen-bond donors (Lipinski definition) is 1. The molecular formula is C15H13F2NO3. The van der Waals surface area contributed by atoms with E-state index >= 15 is 0 Å². The maximum Gasteiger partial charge on any atom is 0.341 e. The number of halogens is 2. The molecule has 2 aromatic rings. The third-order valence-electron chi connectivity index (χ3n) is 2.61. The standard InChI is InChI=1S/C15H13F2NO3/c16-10-1-6-14(17)13(9-10)15(19)21-8-7-20-12-4-2-11(18)3-5-12/h1-6,9H,7-8,18H2. The lowest BCUT2D eigenvalue weighted by Gasteiger charge is -2.08. The van der Waals surface area contributed by atoms with E-state index in [0.717, 1.165) is 18.2 Å². The highest BCUT2D eigenvalue weighted by Gasteiger charge is 2.14. The van der Waals surface area contributed by atoms with Gasteiger partial charge in [0.15, 0.2) is 0 Å². The zero-order chi connectivity index (χ0) is 15.2. The fourth-order valence-electron chi connectivity index (χ4n) is 1.59. The van der Waals surface area contributed by atoms with Crippen molar-refractivity contribution < 1.29 is 23.0 Å². The van der Waals surface area contributed by atoms with E-state index in [1.807, 2.05) is 0 Å². The first-order chi connectivity index (χ1) is 10.1. The third kappa shape index (κ3) is 4.17. The number of nitrogen functional groups attached to an aromatic ring is 1. The number of ether oxygens (including phenoxy) is 2. The summed E-state index contributed by atoms with van der Waals surface area (Å²) in [6.45, 7) is 0.00571. The molecule has 0 aliphatic carbocycles. The molecule has 0 aromatic heterocycles. The van der Waals surface area contributed by atoms with Gasteiger partial charge in [-0.1, -0.05) is 0 Å². The second-order valence-corrected chi connectivity index (χ2v) is 4.18. The predicted molar refractivity (Wildman–Crippen MR) is 73.0 cm³/mol. The molecule has 6 heteroatoms. The van der Waals surface area contributed by atoms with Crippen LogP contribution in [0.15, 0.2) is 42.5 Å². The van der Waals surface area contributed by atoms with E-state index in [4.69, 9.17) is 15.2 Å². The Bertz CT molecular complexity index is 629. The summed E-state index contributed by atoms with van der Waals surface area (Å²) < 4.78 is 36.4. The molecule has 2 aromatic carbocycles. The average Bonchev–Trinajstić information content (AvgIpc) is 2.47. The Kier molecular flexibility index (Phi) is 4.71. The molecule has 0 aliphatic heterocycles. The number of esters is 1. The molecule has 2 rings (SSSR count). The minimum absolute atomic E-state index is 0.0842. The summed E-state index contributed by atoms with van der Waals surface area (Å²) in [5, 5.41) is 0. The van der Waals surface area contributed by atoms with Gasteiger partial charge in [-0.15, -0.1) is 0 Å².